The lowest BCUT2D eigenvalue weighted by Crippen LogP contribution is -2.12. The lowest BCUT2D eigenvalue weighted by Gasteiger charge is -2.12. The molecule has 0 aliphatic heterocycles. The molecule has 3 nitrogen and oxygen atoms in total. The number of hydrogen-bond donors (Lipinski definition) is 1. The van der Waals surface area contributed by atoms with Gasteiger partial charge in [-0.3, -0.25) is 9.78 Å². The summed E-state index contributed by atoms with van der Waals surface area (Å²) in [4.78, 5) is 17.0. The molecule has 0 fully saturated rings. The largest absolute Gasteiger partial charge is 0.320 e. The van der Waals surface area contributed by atoms with E-state index in [9.17, 15) is 4.79 Å². The number of carbonyl (C=O) groups excluding carboxylic acids is 1. The predicted octanol–water partition coefficient (Wildman–Crippen LogP) is 5.15. The first-order valence-corrected chi connectivity index (χ1v) is 8.12. The first-order chi connectivity index (χ1) is 12.3. The number of anilines is 1. The van der Waals surface area contributed by atoms with Crippen LogP contribution < -0.4 is 5.32 Å². The number of benzene rings is 3. The van der Waals surface area contributed by atoms with Crippen LogP contribution in [-0.4, -0.2) is 10.9 Å². The van der Waals surface area contributed by atoms with Crippen LogP contribution in [0.25, 0.3) is 22.0 Å². The molecule has 4 aromatic rings. The van der Waals surface area contributed by atoms with E-state index in [1.165, 1.54) is 0 Å². The molecule has 0 unspecified atom stereocenters. The molecule has 120 valence electrons. The van der Waals surface area contributed by atoms with Gasteiger partial charge in [-0.05, 0) is 35.4 Å². The van der Waals surface area contributed by atoms with Crippen molar-refractivity contribution in [3.63, 3.8) is 0 Å². The number of hydrogen-bond acceptors (Lipinski definition) is 2. The zero-order chi connectivity index (χ0) is 17.1. The highest BCUT2D eigenvalue weighted by atomic mass is 16.1. The Bertz CT molecular complexity index is 1030. The average Bonchev–Trinajstić information content (AvgIpc) is 2.69. The molecule has 25 heavy (non-hydrogen) atoms. The van der Waals surface area contributed by atoms with Crippen LogP contribution in [-0.2, 0) is 0 Å². The minimum atomic E-state index is -0.139. The van der Waals surface area contributed by atoms with Gasteiger partial charge in [0.2, 0.25) is 0 Å². The van der Waals surface area contributed by atoms with Gasteiger partial charge in [0.15, 0.2) is 0 Å². The first-order valence-electron chi connectivity index (χ1n) is 8.12. The van der Waals surface area contributed by atoms with Gasteiger partial charge >= 0.3 is 0 Å². The zero-order valence-electron chi connectivity index (χ0n) is 13.5. The monoisotopic (exact) mass is 324 g/mol. The highest BCUT2D eigenvalue weighted by Crippen LogP contribution is 2.32. The predicted molar refractivity (Wildman–Crippen MR) is 102 cm³/mol. The molecule has 0 saturated heterocycles. The van der Waals surface area contributed by atoms with Gasteiger partial charge in [-0.15, -0.1) is 0 Å². The summed E-state index contributed by atoms with van der Waals surface area (Å²) in [6, 6.07) is 27.2. The number of aromatic nitrogens is 1. The summed E-state index contributed by atoms with van der Waals surface area (Å²) in [5, 5.41) is 3.99. The van der Waals surface area contributed by atoms with Gasteiger partial charge in [-0.25, -0.2) is 0 Å². The lowest BCUT2D eigenvalue weighted by molar-refractivity contribution is 0.102. The van der Waals surface area contributed by atoms with E-state index in [0.29, 0.717) is 11.3 Å². The smallest absolute Gasteiger partial charge is 0.255 e. The van der Waals surface area contributed by atoms with Crippen LogP contribution >= 0.6 is 0 Å². The van der Waals surface area contributed by atoms with E-state index in [2.05, 4.69) is 22.4 Å². The molecule has 0 radical (unpaired) electrons. The topological polar surface area (TPSA) is 42.0 Å². The van der Waals surface area contributed by atoms with Crippen LogP contribution in [0.2, 0.25) is 0 Å². The maximum Gasteiger partial charge on any atom is 0.255 e. The minimum absolute atomic E-state index is 0.139. The molecule has 0 spiro atoms. The molecule has 4 rings (SSSR count). The zero-order valence-corrected chi connectivity index (χ0v) is 13.5. The molecule has 1 heterocycles. The number of nitrogens with one attached hydrogen (secondary N) is 1. The molecule has 0 atom stereocenters. The molecule has 3 aromatic carbocycles. The third-order valence-corrected chi connectivity index (χ3v) is 4.14. The highest BCUT2D eigenvalue weighted by Gasteiger charge is 2.11. The van der Waals surface area contributed by atoms with E-state index in [0.717, 1.165) is 22.0 Å². The van der Waals surface area contributed by atoms with Gasteiger partial charge in [0.05, 0.1) is 11.2 Å². The maximum atomic E-state index is 12.5. The van der Waals surface area contributed by atoms with E-state index in [1.54, 1.807) is 18.3 Å². The van der Waals surface area contributed by atoms with Crippen molar-refractivity contribution in [1.82, 2.24) is 4.98 Å². The molecule has 1 aromatic heterocycles. The molecular weight excluding hydrogens is 308 g/mol. The molecule has 0 saturated carbocycles. The fourth-order valence-electron chi connectivity index (χ4n) is 2.93. The van der Waals surface area contributed by atoms with Crippen LogP contribution in [0.4, 0.5) is 5.69 Å². The maximum absolute atomic E-state index is 12.5. The third kappa shape index (κ3) is 3.00. The standard InChI is InChI=1S/C22H16N2O/c25-22(17-10-5-2-6-11-17)24-20-14-13-18(16-8-3-1-4-9-16)19-12-7-15-23-21(19)20/h1-15H,(H,24,25). The second-order valence-corrected chi connectivity index (χ2v) is 5.75. The van der Waals surface area contributed by atoms with Gasteiger partial charge in [0.1, 0.15) is 0 Å². The van der Waals surface area contributed by atoms with Crippen molar-refractivity contribution in [3.8, 4) is 11.1 Å². The first kappa shape index (κ1) is 15.1. The van der Waals surface area contributed by atoms with E-state index in [1.807, 2.05) is 60.7 Å². The van der Waals surface area contributed by atoms with Crippen LogP contribution in [0, 0.1) is 0 Å². The normalized spacial score (nSPS) is 10.6. The molecule has 0 bridgehead atoms. The molecule has 3 heteroatoms. The molecule has 0 aliphatic carbocycles. The average molecular weight is 324 g/mol. The summed E-state index contributed by atoms with van der Waals surface area (Å²) < 4.78 is 0. The number of pyridine rings is 1. The van der Waals surface area contributed by atoms with Crippen molar-refractivity contribution in [2.24, 2.45) is 0 Å². The molecular formula is C22H16N2O. The van der Waals surface area contributed by atoms with Crippen LogP contribution in [0.3, 0.4) is 0 Å². The summed E-state index contributed by atoms with van der Waals surface area (Å²) in [6.45, 7) is 0. The third-order valence-electron chi connectivity index (χ3n) is 4.14. The van der Waals surface area contributed by atoms with Crippen LogP contribution in [0.1, 0.15) is 10.4 Å². The number of fused-ring (bicyclic) bond motifs is 1. The van der Waals surface area contributed by atoms with Crippen molar-refractivity contribution in [3.05, 3.63) is 96.7 Å². The Kier molecular flexibility index (Phi) is 3.97. The summed E-state index contributed by atoms with van der Waals surface area (Å²) in [6.07, 6.45) is 1.75. The van der Waals surface area contributed by atoms with E-state index < -0.39 is 0 Å². The van der Waals surface area contributed by atoms with Gasteiger partial charge in [-0.2, -0.15) is 0 Å². The fourth-order valence-corrected chi connectivity index (χ4v) is 2.93. The molecule has 0 aliphatic rings. The minimum Gasteiger partial charge on any atom is -0.320 e. The van der Waals surface area contributed by atoms with Crippen molar-refractivity contribution < 1.29 is 4.79 Å². The number of rotatable bonds is 3. The van der Waals surface area contributed by atoms with Gasteiger partial charge in [0.25, 0.3) is 5.91 Å². The lowest BCUT2D eigenvalue weighted by atomic mass is 10.00. The second-order valence-electron chi connectivity index (χ2n) is 5.75. The van der Waals surface area contributed by atoms with Crippen LogP contribution in [0.5, 0.6) is 0 Å². The highest BCUT2D eigenvalue weighted by molar-refractivity contribution is 6.10. The Morgan fingerprint density at radius 2 is 1.48 bits per heavy atom. The van der Waals surface area contributed by atoms with E-state index in [-0.39, 0.29) is 5.91 Å². The Labute approximate surface area is 146 Å². The van der Waals surface area contributed by atoms with Crippen molar-refractivity contribution in [2.75, 3.05) is 5.32 Å². The number of nitrogens with zero attached hydrogens (tertiary/aromatic N) is 1. The van der Waals surface area contributed by atoms with Crippen molar-refractivity contribution in [1.29, 1.82) is 0 Å². The summed E-state index contributed by atoms with van der Waals surface area (Å²) in [7, 11) is 0. The SMILES string of the molecule is O=C(Nc1ccc(-c2ccccc2)c2cccnc12)c1ccccc1. The Morgan fingerprint density at radius 1 is 0.760 bits per heavy atom. The van der Waals surface area contributed by atoms with Crippen LogP contribution in [0.15, 0.2) is 91.1 Å². The van der Waals surface area contributed by atoms with Crippen molar-refractivity contribution in [2.45, 2.75) is 0 Å². The Balaban J connectivity index is 1.78. The van der Waals surface area contributed by atoms with E-state index in [4.69, 9.17) is 0 Å². The molecule has 1 amide bonds. The summed E-state index contributed by atoms with van der Waals surface area (Å²) >= 11 is 0. The van der Waals surface area contributed by atoms with Gasteiger partial charge in [0, 0.05) is 17.1 Å². The summed E-state index contributed by atoms with van der Waals surface area (Å²) in [5.74, 6) is -0.139. The van der Waals surface area contributed by atoms with Crippen molar-refractivity contribution >= 4 is 22.5 Å². The number of amides is 1. The number of carbonyl (C=O) groups is 1. The Morgan fingerprint density at radius 3 is 2.24 bits per heavy atom. The van der Waals surface area contributed by atoms with E-state index >= 15 is 0 Å². The summed E-state index contributed by atoms with van der Waals surface area (Å²) in [5.41, 5.74) is 4.35. The van der Waals surface area contributed by atoms with Gasteiger partial charge < -0.3 is 5.32 Å². The molecule has 1 N–H and O–H groups in total. The fraction of sp³-hybridized carbons (Fsp3) is 0. The van der Waals surface area contributed by atoms with Gasteiger partial charge in [-0.1, -0.05) is 60.7 Å². The second kappa shape index (κ2) is 6.57. The Hall–Kier alpha value is -3.46. The quantitative estimate of drug-likeness (QED) is 0.566.